The Kier molecular flexibility index (Phi) is 5.26. The van der Waals surface area contributed by atoms with Gasteiger partial charge in [0, 0.05) is 22.6 Å². The Labute approximate surface area is 190 Å². The van der Waals surface area contributed by atoms with Crippen LogP contribution >= 0.6 is 0 Å². The zero-order valence-electron chi connectivity index (χ0n) is 18.6. The summed E-state index contributed by atoms with van der Waals surface area (Å²) in [5, 5.41) is 8.40. The summed E-state index contributed by atoms with van der Waals surface area (Å²) >= 11 is 0. The van der Waals surface area contributed by atoms with Gasteiger partial charge < -0.3 is 14.5 Å². The zero-order chi connectivity index (χ0) is 22.9. The Morgan fingerprint density at radius 2 is 2.00 bits per heavy atom. The van der Waals surface area contributed by atoms with Gasteiger partial charge in [0.1, 0.15) is 17.7 Å². The highest BCUT2D eigenvalue weighted by atomic mass is 16.5. The summed E-state index contributed by atoms with van der Waals surface area (Å²) < 4.78 is 12.4. The molecule has 5 aromatic rings. The molecule has 2 aromatic carbocycles. The van der Waals surface area contributed by atoms with E-state index in [0.717, 1.165) is 39.1 Å². The number of rotatable bonds is 6. The number of aryl methyl sites for hydroxylation is 1. The summed E-state index contributed by atoms with van der Waals surface area (Å²) in [5.74, 6) is 1.18. The number of nitrogens with zero attached hydrogens (tertiary/aromatic N) is 4. The van der Waals surface area contributed by atoms with E-state index in [1.807, 2.05) is 62.4 Å². The van der Waals surface area contributed by atoms with Crippen molar-refractivity contribution in [3.05, 3.63) is 78.1 Å². The number of carbonyl (C=O) groups is 1. The van der Waals surface area contributed by atoms with Crippen LogP contribution < -0.4 is 10.1 Å². The molecule has 8 heteroatoms. The fourth-order valence-corrected chi connectivity index (χ4v) is 3.77. The number of methoxy groups -OCH3 is 1. The minimum Gasteiger partial charge on any atom is -0.497 e. The topological polar surface area (TPSA) is 94.5 Å². The second-order valence-corrected chi connectivity index (χ2v) is 8.00. The van der Waals surface area contributed by atoms with Gasteiger partial charge in [-0.2, -0.15) is 0 Å². The quantitative estimate of drug-likeness (QED) is 0.423. The molecule has 0 fully saturated rings. The van der Waals surface area contributed by atoms with E-state index >= 15 is 0 Å². The smallest absolute Gasteiger partial charge is 0.225 e. The van der Waals surface area contributed by atoms with E-state index in [9.17, 15) is 4.79 Å². The van der Waals surface area contributed by atoms with E-state index in [-0.39, 0.29) is 18.4 Å². The van der Waals surface area contributed by atoms with Crippen LogP contribution in [0.4, 0.5) is 0 Å². The van der Waals surface area contributed by atoms with Gasteiger partial charge in [-0.15, -0.1) is 5.10 Å². The maximum absolute atomic E-state index is 12.7. The number of benzene rings is 2. The average Bonchev–Trinajstić information content (AvgIpc) is 3.42. The molecule has 3 heterocycles. The standard InChI is InChI=1S/C25H23N5O3/c1-15-4-9-20-18(13-33-22(20)10-15)11-24(31)27-16(2)25-28-23-12-21(26-14-30(23)29-25)17-5-7-19(32-3)8-6-17/h4-10,12-14,16H,11H2,1-3H3,(H,27,31)/t16-/m1/s1. The Morgan fingerprint density at radius 1 is 1.18 bits per heavy atom. The molecule has 3 aromatic heterocycles. The van der Waals surface area contributed by atoms with E-state index in [1.54, 1.807) is 24.2 Å². The van der Waals surface area contributed by atoms with Gasteiger partial charge in [0.05, 0.1) is 31.5 Å². The van der Waals surface area contributed by atoms with Crippen molar-refractivity contribution in [2.24, 2.45) is 0 Å². The predicted octanol–water partition coefficient (Wildman–Crippen LogP) is 4.27. The lowest BCUT2D eigenvalue weighted by atomic mass is 10.1. The molecule has 0 radical (unpaired) electrons. The molecule has 0 saturated carbocycles. The summed E-state index contributed by atoms with van der Waals surface area (Å²) in [6.45, 7) is 3.87. The molecule has 0 aliphatic rings. The molecule has 166 valence electrons. The van der Waals surface area contributed by atoms with Crippen molar-refractivity contribution in [2.45, 2.75) is 26.3 Å². The van der Waals surface area contributed by atoms with Crippen molar-refractivity contribution in [1.82, 2.24) is 24.9 Å². The Hall–Kier alpha value is -4.20. The molecular formula is C25H23N5O3. The van der Waals surface area contributed by atoms with Crippen molar-refractivity contribution < 1.29 is 13.9 Å². The molecular weight excluding hydrogens is 418 g/mol. The van der Waals surface area contributed by atoms with Gasteiger partial charge >= 0.3 is 0 Å². The lowest BCUT2D eigenvalue weighted by Crippen LogP contribution is -2.28. The first-order chi connectivity index (χ1) is 16.0. The summed E-state index contributed by atoms with van der Waals surface area (Å²) in [5.41, 5.74) is 5.14. The number of nitrogens with one attached hydrogen (secondary N) is 1. The second kappa shape index (κ2) is 8.38. The van der Waals surface area contributed by atoms with Crippen LogP contribution in [-0.4, -0.2) is 32.6 Å². The fourth-order valence-electron chi connectivity index (χ4n) is 3.77. The highest BCUT2D eigenvalue weighted by molar-refractivity contribution is 5.88. The Balaban J connectivity index is 1.31. The lowest BCUT2D eigenvalue weighted by molar-refractivity contribution is -0.121. The summed E-state index contributed by atoms with van der Waals surface area (Å²) in [4.78, 5) is 21.7. The first-order valence-electron chi connectivity index (χ1n) is 10.6. The lowest BCUT2D eigenvalue weighted by Gasteiger charge is -2.09. The number of aromatic nitrogens is 4. The maximum atomic E-state index is 12.7. The molecule has 0 spiro atoms. The fraction of sp³-hybridized carbons (Fsp3) is 0.200. The van der Waals surface area contributed by atoms with Gasteiger partial charge in [0.2, 0.25) is 5.91 Å². The normalized spacial score (nSPS) is 12.2. The minimum atomic E-state index is -0.359. The molecule has 0 unspecified atom stereocenters. The maximum Gasteiger partial charge on any atom is 0.225 e. The van der Waals surface area contributed by atoms with Gasteiger partial charge in [0.15, 0.2) is 11.5 Å². The van der Waals surface area contributed by atoms with Crippen LogP contribution in [0.15, 0.2) is 65.5 Å². The number of ether oxygens (including phenoxy) is 1. The monoisotopic (exact) mass is 441 g/mol. The number of carbonyl (C=O) groups excluding carboxylic acids is 1. The number of hydrogen-bond acceptors (Lipinski definition) is 6. The molecule has 0 bridgehead atoms. The number of amides is 1. The van der Waals surface area contributed by atoms with E-state index < -0.39 is 0 Å². The van der Waals surface area contributed by atoms with Crippen LogP contribution in [0.1, 0.15) is 29.9 Å². The summed E-state index contributed by atoms with van der Waals surface area (Å²) in [7, 11) is 1.63. The molecule has 5 rings (SSSR count). The minimum absolute atomic E-state index is 0.123. The third-order valence-corrected chi connectivity index (χ3v) is 5.56. The third kappa shape index (κ3) is 4.15. The second-order valence-electron chi connectivity index (χ2n) is 8.00. The SMILES string of the molecule is COc1ccc(-c2cc3nc([C@@H](C)NC(=O)Cc4coc5cc(C)ccc45)nn3cn2)cc1. The molecule has 1 N–H and O–H groups in total. The van der Waals surface area contributed by atoms with Crippen molar-refractivity contribution in [3.63, 3.8) is 0 Å². The predicted molar refractivity (Wildman–Crippen MR) is 124 cm³/mol. The highest BCUT2D eigenvalue weighted by Gasteiger charge is 2.17. The van der Waals surface area contributed by atoms with Crippen LogP contribution in [0, 0.1) is 6.92 Å². The largest absolute Gasteiger partial charge is 0.497 e. The first kappa shape index (κ1) is 20.7. The van der Waals surface area contributed by atoms with Gasteiger partial charge in [-0.05, 0) is 49.7 Å². The molecule has 33 heavy (non-hydrogen) atoms. The first-order valence-corrected chi connectivity index (χ1v) is 10.6. The molecule has 0 saturated heterocycles. The van der Waals surface area contributed by atoms with Gasteiger partial charge in [-0.3, -0.25) is 4.79 Å². The van der Waals surface area contributed by atoms with Crippen LogP contribution in [0.5, 0.6) is 5.75 Å². The number of fused-ring (bicyclic) bond motifs is 2. The van der Waals surface area contributed by atoms with Crippen LogP contribution in [0.2, 0.25) is 0 Å². The van der Waals surface area contributed by atoms with Gasteiger partial charge in [0.25, 0.3) is 0 Å². The number of hydrogen-bond donors (Lipinski definition) is 1. The molecule has 1 atom stereocenters. The molecule has 8 nitrogen and oxygen atoms in total. The summed E-state index contributed by atoms with van der Waals surface area (Å²) in [6.07, 6.45) is 3.49. The highest BCUT2D eigenvalue weighted by Crippen LogP contribution is 2.24. The van der Waals surface area contributed by atoms with E-state index in [4.69, 9.17) is 9.15 Å². The molecule has 0 aliphatic carbocycles. The third-order valence-electron chi connectivity index (χ3n) is 5.56. The van der Waals surface area contributed by atoms with Crippen LogP contribution in [0.3, 0.4) is 0 Å². The molecule has 1 amide bonds. The van der Waals surface area contributed by atoms with Crippen molar-refractivity contribution >= 4 is 22.5 Å². The Morgan fingerprint density at radius 3 is 2.79 bits per heavy atom. The average molecular weight is 441 g/mol. The zero-order valence-corrected chi connectivity index (χ0v) is 18.6. The molecule has 0 aliphatic heterocycles. The van der Waals surface area contributed by atoms with Crippen molar-refractivity contribution in [1.29, 1.82) is 0 Å². The van der Waals surface area contributed by atoms with Crippen molar-refractivity contribution in [2.75, 3.05) is 7.11 Å². The van der Waals surface area contributed by atoms with E-state index in [2.05, 4.69) is 20.4 Å². The van der Waals surface area contributed by atoms with Crippen LogP contribution in [-0.2, 0) is 11.2 Å². The van der Waals surface area contributed by atoms with E-state index in [0.29, 0.717) is 11.5 Å². The van der Waals surface area contributed by atoms with Crippen LogP contribution in [0.25, 0.3) is 27.9 Å². The summed E-state index contributed by atoms with van der Waals surface area (Å²) in [6, 6.07) is 15.1. The van der Waals surface area contributed by atoms with Gasteiger partial charge in [-0.1, -0.05) is 12.1 Å². The Bertz CT molecular complexity index is 1450. The van der Waals surface area contributed by atoms with Gasteiger partial charge in [-0.25, -0.2) is 14.5 Å². The van der Waals surface area contributed by atoms with Crippen molar-refractivity contribution in [3.8, 4) is 17.0 Å². The van der Waals surface area contributed by atoms with E-state index in [1.165, 1.54) is 0 Å². The number of furan rings is 1.